The highest BCUT2D eigenvalue weighted by Crippen LogP contribution is 2.26. The fraction of sp³-hybridized carbons (Fsp3) is 0.600. The molecular weight excluding hydrogens is 226 g/mol. The number of phenols is 1. The Morgan fingerprint density at radius 3 is 2.83 bits per heavy atom. The summed E-state index contributed by atoms with van der Waals surface area (Å²) in [4.78, 5) is 2.35. The largest absolute Gasteiger partial charge is 0.507 e. The highest BCUT2D eigenvalue weighted by molar-refractivity contribution is 5.39. The second kappa shape index (κ2) is 4.90. The van der Waals surface area contributed by atoms with E-state index in [1.807, 2.05) is 25.1 Å². The van der Waals surface area contributed by atoms with E-state index in [1.54, 1.807) is 0 Å². The van der Waals surface area contributed by atoms with Crippen molar-refractivity contribution < 1.29 is 9.84 Å². The van der Waals surface area contributed by atoms with Crippen molar-refractivity contribution in [3.63, 3.8) is 0 Å². The molecule has 1 fully saturated rings. The van der Waals surface area contributed by atoms with Gasteiger partial charge in [-0.1, -0.05) is 18.2 Å². The summed E-state index contributed by atoms with van der Waals surface area (Å²) in [6.07, 6.45) is 0.237. The lowest BCUT2D eigenvalue weighted by atomic mass is 10.0. The Hall–Kier alpha value is -1.06. The van der Waals surface area contributed by atoms with Crippen LogP contribution in [0.3, 0.4) is 0 Å². The first-order valence-corrected chi connectivity index (χ1v) is 6.55. The molecule has 1 aromatic rings. The van der Waals surface area contributed by atoms with Crippen molar-refractivity contribution in [2.24, 2.45) is 0 Å². The van der Waals surface area contributed by atoms with Crippen molar-refractivity contribution in [2.45, 2.75) is 45.9 Å². The minimum Gasteiger partial charge on any atom is -0.507 e. The molecule has 1 saturated heterocycles. The Labute approximate surface area is 109 Å². The maximum atomic E-state index is 10.1. The van der Waals surface area contributed by atoms with Gasteiger partial charge in [0.1, 0.15) is 5.75 Å². The van der Waals surface area contributed by atoms with Gasteiger partial charge in [-0.25, -0.2) is 0 Å². The molecule has 1 atom stereocenters. The van der Waals surface area contributed by atoms with Crippen LogP contribution in [0.4, 0.5) is 0 Å². The maximum Gasteiger partial charge on any atom is 0.122 e. The topological polar surface area (TPSA) is 32.7 Å². The first-order valence-electron chi connectivity index (χ1n) is 6.55. The number of aryl methyl sites for hydroxylation is 1. The summed E-state index contributed by atoms with van der Waals surface area (Å²) >= 11 is 0. The van der Waals surface area contributed by atoms with Gasteiger partial charge in [0.25, 0.3) is 0 Å². The van der Waals surface area contributed by atoms with Gasteiger partial charge in [0.15, 0.2) is 0 Å². The lowest BCUT2D eigenvalue weighted by Gasteiger charge is -2.41. The molecule has 0 aliphatic carbocycles. The number of hydrogen-bond acceptors (Lipinski definition) is 3. The zero-order valence-corrected chi connectivity index (χ0v) is 11.7. The molecule has 1 aromatic carbocycles. The molecule has 1 N–H and O–H groups in total. The van der Waals surface area contributed by atoms with Crippen LogP contribution in [0, 0.1) is 6.92 Å². The van der Waals surface area contributed by atoms with Crippen molar-refractivity contribution in [2.75, 3.05) is 13.1 Å². The standard InChI is InChI=1S/C15H23NO2/c1-11-6-5-7-13(14(11)17)9-16-8-12(2)18-15(3,4)10-16/h5-7,12,17H,8-10H2,1-4H3. The number of benzene rings is 1. The predicted molar refractivity (Wildman–Crippen MR) is 72.7 cm³/mol. The second-order valence-electron chi connectivity index (χ2n) is 5.94. The van der Waals surface area contributed by atoms with Crippen molar-refractivity contribution >= 4 is 0 Å². The van der Waals surface area contributed by atoms with Crippen molar-refractivity contribution in [3.05, 3.63) is 29.3 Å². The molecule has 18 heavy (non-hydrogen) atoms. The first-order chi connectivity index (χ1) is 8.37. The number of rotatable bonds is 2. The van der Waals surface area contributed by atoms with Gasteiger partial charge in [0.05, 0.1) is 11.7 Å². The molecule has 0 bridgehead atoms. The maximum absolute atomic E-state index is 10.1. The number of ether oxygens (including phenoxy) is 1. The highest BCUT2D eigenvalue weighted by Gasteiger charge is 2.31. The number of para-hydroxylation sites is 1. The molecule has 100 valence electrons. The van der Waals surface area contributed by atoms with Gasteiger partial charge >= 0.3 is 0 Å². The summed E-state index contributed by atoms with van der Waals surface area (Å²) < 4.78 is 5.89. The average molecular weight is 249 g/mol. The molecule has 0 radical (unpaired) electrons. The second-order valence-corrected chi connectivity index (χ2v) is 5.94. The SMILES string of the molecule is Cc1cccc(CN2CC(C)OC(C)(C)C2)c1O. The fourth-order valence-electron chi connectivity index (χ4n) is 2.79. The van der Waals surface area contributed by atoms with Crippen molar-refractivity contribution in [3.8, 4) is 5.75 Å². The molecule has 1 heterocycles. The molecule has 1 aliphatic rings. The molecular formula is C15H23NO2. The lowest BCUT2D eigenvalue weighted by molar-refractivity contribution is -0.130. The van der Waals surface area contributed by atoms with Crippen LogP contribution in [0.15, 0.2) is 18.2 Å². The Morgan fingerprint density at radius 1 is 1.44 bits per heavy atom. The summed E-state index contributed by atoms with van der Waals surface area (Å²) in [6, 6.07) is 5.93. The van der Waals surface area contributed by atoms with E-state index in [9.17, 15) is 5.11 Å². The fourth-order valence-corrected chi connectivity index (χ4v) is 2.79. The molecule has 0 saturated carbocycles. The Balaban J connectivity index is 2.11. The number of phenolic OH excluding ortho intramolecular Hbond substituents is 1. The highest BCUT2D eigenvalue weighted by atomic mass is 16.5. The third-order valence-corrected chi connectivity index (χ3v) is 3.36. The van der Waals surface area contributed by atoms with Gasteiger partial charge in [-0.05, 0) is 33.3 Å². The van der Waals surface area contributed by atoms with E-state index in [4.69, 9.17) is 4.74 Å². The van der Waals surface area contributed by atoms with Crippen LogP contribution in [-0.2, 0) is 11.3 Å². The summed E-state index contributed by atoms with van der Waals surface area (Å²) in [5, 5.41) is 10.1. The van der Waals surface area contributed by atoms with Gasteiger partial charge in [-0.15, -0.1) is 0 Å². The Bertz CT molecular complexity index is 429. The average Bonchev–Trinajstić information content (AvgIpc) is 2.22. The molecule has 3 nitrogen and oxygen atoms in total. The van der Waals surface area contributed by atoms with Gasteiger partial charge in [-0.3, -0.25) is 4.90 Å². The lowest BCUT2D eigenvalue weighted by Crippen LogP contribution is -2.51. The smallest absolute Gasteiger partial charge is 0.122 e. The number of hydrogen-bond donors (Lipinski definition) is 1. The molecule has 1 aliphatic heterocycles. The Morgan fingerprint density at radius 2 is 2.17 bits per heavy atom. The van der Waals surface area contributed by atoms with E-state index in [-0.39, 0.29) is 11.7 Å². The molecule has 0 aromatic heterocycles. The number of aromatic hydroxyl groups is 1. The minimum atomic E-state index is -0.114. The van der Waals surface area contributed by atoms with Gasteiger partial charge in [-0.2, -0.15) is 0 Å². The zero-order valence-electron chi connectivity index (χ0n) is 11.7. The summed E-state index contributed by atoms with van der Waals surface area (Å²) in [5.41, 5.74) is 1.82. The van der Waals surface area contributed by atoms with E-state index in [1.165, 1.54) is 0 Å². The summed E-state index contributed by atoms with van der Waals surface area (Å²) in [7, 11) is 0. The van der Waals surface area contributed by atoms with Gasteiger partial charge in [0, 0.05) is 25.2 Å². The van der Waals surface area contributed by atoms with Crippen LogP contribution < -0.4 is 0 Å². The molecule has 0 amide bonds. The Kier molecular flexibility index (Phi) is 3.64. The molecule has 0 spiro atoms. The van der Waals surface area contributed by atoms with E-state index in [2.05, 4.69) is 25.7 Å². The normalized spacial score (nSPS) is 24.1. The van der Waals surface area contributed by atoms with Crippen LogP contribution in [0.5, 0.6) is 5.75 Å². The van der Waals surface area contributed by atoms with Crippen molar-refractivity contribution in [1.29, 1.82) is 0 Å². The molecule has 3 heteroatoms. The minimum absolute atomic E-state index is 0.114. The van der Waals surface area contributed by atoms with Crippen LogP contribution in [0.25, 0.3) is 0 Å². The third kappa shape index (κ3) is 3.03. The van der Waals surface area contributed by atoms with Crippen LogP contribution >= 0.6 is 0 Å². The predicted octanol–water partition coefficient (Wildman–Crippen LogP) is 2.70. The van der Waals surface area contributed by atoms with E-state index in [0.29, 0.717) is 5.75 Å². The monoisotopic (exact) mass is 249 g/mol. The van der Waals surface area contributed by atoms with Crippen LogP contribution in [0.2, 0.25) is 0 Å². The van der Waals surface area contributed by atoms with Crippen molar-refractivity contribution in [1.82, 2.24) is 4.90 Å². The number of nitrogens with zero attached hydrogens (tertiary/aromatic N) is 1. The number of morpholine rings is 1. The zero-order chi connectivity index (χ0) is 13.3. The molecule has 1 unspecified atom stereocenters. The van der Waals surface area contributed by atoms with Crippen LogP contribution in [0.1, 0.15) is 31.9 Å². The van der Waals surface area contributed by atoms with Gasteiger partial charge in [0.2, 0.25) is 0 Å². The third-order valence-electron chi connectivity index (χ3n) is 3.36. The quantitative estimate of drug-likeness (QED) is 0.874. The summed E-state index contributed by atoms with van der Waals surface area (Å²) in [5.74, 6) is 0.425. The summed E-state index contributed by atoms with van der Waals surface area (Å²) in [6.45, 7) is 10.9. The van der Waals surface area contributed by atoms with E-state index < -0.39 is 0 Å². The van der Waals surface area contributed by atoms with E-state index >= 15 is 0 Å². The van der Waals surface area contributed by atoms with Crippen LogP contribution in [-0.4, -0.2) is 34.8 Å². The molecule has 2 rings (SSSR count). The van der Waals surface area contributed by atoms with Gasteiger partial charge < -0.3 is 9.84 Å². The first kappa shape index (κ1) is 13.4. The van der Waals surface area contributed by atoms with E-state index in [0.717, 1.165) is 30.8 Å².